The van der Waals surface area contributed by atoms with Crippen molar-refractivity contribution >= 4 is 9.84 Å². The zero-order chi connectivity index (χ0) is 15.4. The Hall–Kier alpha value is -1.13. The van der Waals surface area contributed by atoms with E-state index in [1.165, 1.54) is 6.08 Å². The molecular weight excluding hydrogens is 272 g/mol. The van der Waals surface area contributed by atoms with Crippen molar-refractivity contribution in [2.24, 2.45) is 11.3 Å². The zero-order valence-corrected chi connectivity index (χ0v) is 13.4. The second-order valence-corrected chi connectivity index (χ2v) is 8.25. The SMILES string of the molecule is CC(CC(C)(C)C)C(O)/C=C/S(=O)(=O)c1ccccc1. The van der Waals surface area contributed by atoms with Gasteiger partial charge in [0.15, 0.2) is 9.84 Å². The fraction of sp³-hybridized carbons (Fsp3) is 0.500. The summed E-state index contributed by atoms with van der Waals surface area (Å²) in [6.45, 7) is 8.22. The molecule has 1 N–H and O–H groups in total. The fourth-order valence-electron chi connectivity index (χ4n) is 2.15. The Morgan fingerprint density at radius 3 is 2.25 bits per heavy atom. The van der Waals surface area contributed by atoms with E-state index in [9.17, 15) is 13.5 Å². The molecule has 0 amide bonds. The van der Waals surface area contributed by atoms with Crippen LogP contribution >= 0.6 is 0 Å². The summed E-state index contributed by atoms with van der Waals surface area (Å²) in [7, 11) is -3.47. The van der Waals surface area contributed by atoms with E-state index in [2.05, 4.69) is 20.8 Å². The van der Waals surface area contributed by atoms with Crippen molar-refractivity contribution in [3.05, 3.63) is 41.8 Å². The van der Waals surface area contributed by atoms with Crippen LogP contribution in [0.5, 0.6) is 0 Å². The highest BCUT2D eigenvalue weighted by Crippen LogP contribution is 2.26. The summed E-state index contributed by atoms with van der Waals surface area (Å²) in [5.74, 6) is 0.0113. The lowest BCUT2D eigenvalue weighted by molar-refractivity contribution is 0.130. The van der Waals surface area contributed by atoms with Crippen molar-refractivity contribution in [2.45, 2.75) is 45.1 Å². The van der Waals surface area contributed by atoms with Crippen LogP contribution in [0.15, 0.2) is 46.7 Å². The number of hydrogen-bond acceptors (Lipinski definition) is 3. The lowest BCUT2D eigenvalue weighted by Gasteiger charge is -2.25. The van der Waals surface area contributed by atoms with Crippen LogP contribution in [0.4, 0.5) is 0 Å². The van der Waals surface area contributed by atoms with Crippen LogP contribution in [0.2, 0.25) is 0 Å². The van der Waals surface area contributed by atoms with E-state index in [0.29, 0.717) is 0 Å². The number of aliphatic hydroxyl groups is 1. The summed E-state index contributed by atoms with van der Waals surface area (Å²) < 4.78 is 24.1. The van der Waals surface area contributed by atoms with Crippen molar-refractivity contribution in [3.63, 3.8) is 0 Å². The standard InChI is InChI=1S/C16H24O3S/c1-13(12-16(2,3)4)15(17)10-11-20(18,19)14-8-6-5-7-9-14/h5-11,13,15,17H,12H2,1-4H3/b11-10+. The van der Waals surface area contributed by atoms with Crippen molar-refractivity contribution in [3.8, 4) is 0 Å². The molecule has 1 aromatic rings. The summed E-state index contributed by atoms with van der Waals surface area (Å²) in [6, 6.07) is 8.22. The minimum Gasteiger partial charge on any atom is -0.389 e. The minimum atomic E-state index is -3.47. The maximum absolute atomic E-state index is 12.0. The van der Waals surface area contributed by atoms with Gasteiger partial charge in [0.25, 0.3) is 0 Å². The predicted molar refractivity (Wildman–Crippen MR) is 82.0 cm³/mol. The quantitative estimate of drug-likeness (QED) is 0.906. The second kappa shape index (κ2) is 6.55. The topological polar surface area (TPSA) is 54.4 Å². The van der Waals surface area contributed by atoms with Crippen molar-refractivity contribution in [2.75, 3.05) is 0 Å². The average molecular weight is 296 g/mol. The molecule has 0 saturated heterocycles. The van der Waals surface area contributed by atoms with Gasteiger partial charge in [0.1, 0.15) is 0 Å². The third-order valence-corrected chi connectivity index (χ3v) is 4.49. The molecule has 0 aliphatic heterocycles. The van der Waals surface area contributed by atoms with Gasteiger partial charge in [0.05, 0.1) is 11.0 Å². The molecular formula is C16H24O3S. The molecule has 4 heteroatoms. The summed E-state index contributed by atoms with van der Waals surface area (Å²) in [4.78, 5) is 0.243. The van der Waals surface area contributed by atoms with E-state index in [4.69, 9.17) is 0 Å². The molecule has 2 atom stereocenters. The van der Waals surface area contributed by atoms with Crippen LogP contribution in [0.25, 0.3) is 0 Å². The Morgan fingerprint density at radius 2 is 1.75 bits per heavy atom. The van der Waals surface area contributed by atoms with Crippen LogP contribution in [0, 0.1) is 11.3 Å². The molecule has 2 unspecified atom stereocenters. The molecule has 0 bridgehead atoms. The number of rotatable bonds is 5. The van der Waals surface area contributed by atoms with Crippen molar-refractivity contribution < 1.29 is 13.5 Å². The smallest absolute Gasteiger partial charge is 0.199 e. The van der Waals surface area contributed by atoms with E-state index in [-0.39, 0.29) is 16.2 Å². The van der Waals surface area contributed by atoms with Gasteiger partial charge in [0, 0.05) is 5.41 Å². The van der Waals surface area contributed by atoms with Crippen LogP contribution in [0.3, 0.4) is 0 Å². The summed E-state index contributed by atoms with van der Waals surface area (Å²) >= 11 is 0. The Labute approximate surface area is 122 Å². The zero-order valence-electron chi connectivity index (χ0n) is 12.6. The lowest BCUT2D eigenvalue weighted by atomic mass is 9.83. The third kappa shape index (κ3) is 5.47. The average Bonchev–Trinajstić information content (AvgIpc) is 2.35. The van der Waals surface area contributed by atoms with Gasteiger partial charge in [-0.25, -0.2) is 8.42 Å². The van der Waals surface area contributed by atoms with Gasteiger partial charge < -0.3 is 5.11 Å². The highest BCUT2D eigenvalue weighted by Gasteiger charge is 2.20. The molecule has 0 saturated carbocycles. The summed E-state index contributed by atoms with van der Waals surface area (Å²) in [5.41, 5.74) is 0.104. The highest BCUT2D eigenvalue weighted by molar-refractivity contribution is 7.94. The summed E-state index contributed by atoms with van der Waals surface area (Å²) in [5, 5.41) is 11.1. The monoisotopic (exact) mass is 296 g/mol. The van der Waals surface area contributed by atoms with Gasteiger partial charge in [-0.15, -0.1) is 0 Å². The maximum atomic E-state index is 12.0. The van der Waals surface area contributed by atoms with Crippen molar-refractivity contribution in [1.82, 2.24) is 0 Å². The van der Waals surface area contributed by atoms with Gasteiger partial charge >= 0.3 is 0 Å². The maximum Gasteiger partial charge on any atom is 0.199 e. The van der Waals surface area contributed by atoms with Crippen molar-refractivity contribution in [1.29, 1.82) is 0 Å². The van der Waals surface area contributed by atoms with Crippen LogP contribution in [0.1, 0.15) is 34.1 Å². The van der Waals surface area contributed by atoms with E-state index < -0.39 is 15.9 Å². The molecule has 0 heterocycles. The molecule has 0 spiro atoms. The number of aliphatic hydroxyl groups excluding tert-OH is 1. The lowest BCUT2D eigenvalue weighted by Crippen LogP contribution is -2.21. The number of hydrogen-bond donors (Lipinski definition) is 1. The van der Waals surface area contributed by atoms with Gasteiger partial charge in [-0.05, 0) is 36.0 Å². The third-order valence-electron chi connectivity index (χ3n) is 3.04. The van der Waals surface area contributed by atoms with E-state index in [0.717, 1.165) is 11.8 Å². The number of benzene rings is 1. The highest BCUT2D eigenvalue weighted by atomic mass is 32.2. The largest absolute Gasteiger partial charge is 0.389 e. The molecule has 1 rings (SSSR count). The van der Waals surface area contributed by atoms with E-state index in [1.807, 2.05) is 6.92 Å². The first-order valence-electron chi connectivity index (χ1n) is 6.78. The molecule has 1 aromatic carbocycles. The van der Waals surface area contributed by atoms with Gasteiger partial charge in [-0.1, -0.05) is 45.9 Å². The molecule has 112 valence electrons. The Balaban J connectivity index is 2.77. The molecule has 0 fully saturated rings. The molecule has 0 aliphatic rings. The van der Waals surface area contributed by atoms with Crippen LogP contribution in [-0.2, 0) is 9.84 Å². The normalized spacial score (nSPS) is 16.2. The van der Waals surface area contributed by atoms with Crippen LogP contribution < -0.4 is 0 Å². The fourth-order valence-corrected chi connectivity index (χ4v) is 3.21. The molecule has 0 aliphatic carbocycles. The first-order chi connectivity index (χ1) is 9.12. The van der Waals surface area contributed by atoms with Crippen LogP contribution in [-0.4, -0.2) is 19.6 Å². The Morgan fingerprint density at radius 1 is 1.20 bits per heavy atom. The van der Waals surface area contributed by atoms with Gasteiger partial charge in [-0.2, -0.15) is 0 Å². The first-order valence-corrected chi connectivity index (χ1v) is 8.33. The minimum absolute atomic E-state index is 0.0113. The van der Waals surface area contributed by atoms with Gasteiger partial charge in [0.2, 0.25) is 0 Å². The molecule has 3 nitrogen and oxygen atoms in total. The molecule has 0 aromatic heterocycles. The number of sulfone groups is 1. The molecule has 0 radical (unpaired) electrons. The van der Waals surface area contributed by atoms with Gasteiger partial charge in [-0.3, -0.25) is 0 Å². The molecule has 20 heavy (non-hydrogen) atoms. The Kier molecular flexibility index (Phi) is 5.54. The second-order valence-electron chi connectivity index (χ2n) is 6.42. The van der Waals surface area contributed by atoms with E-state index >= 15 is 0 Å². The predicted octanol–water partition coefficient (Wildman–Crippen LogP) is 3.41. The first kappa shape index (κ1) is 16.9. The summed E-state index contributed by atoms with van der Waals surface area (Å²) in [6.07, 6.45) is 1.44. The van der Waals surface area contributed by atoms with E-state index in [1.54, 1.807) is 30.3 Å². The Bertz CT molecular complexity index is 539.